The lowest BCUT2D eigenvalue weighted by molar-refractivity contribution is 0.302. The molecule has 0 saturated heterocycles. The zero-order valence-electron chi connectivity index (χ0n) is 12.2. The van der Waals surface area contributed by atoms with E-state index in [1.165, 1.54) is 0 Å². The molecule has 0 aliphatic heterocycles. The summed E-state index contributed by atoms with van der Waals surface area (Å²) in [5, 5.41) is 4.65. The van der Waals surface area contributed by atoms with Crippen molar-refractivity contribution in [3.63, 3.8) is 0 Å². The molecule has 0 spiro atoms. The van der Waals surface area contributed by atoms with E-state index in [2.05, 4.69) is 25.2 Å². The van der Waals surface area contributed by atoms with E-state index in [4.69, 9.17) is 27.9 Å². The Hall–Kier alpha value is -1.22. The highest BCUT2D eigenvalue weighted by Gasteiger charge is 2.06. The lowest BCUT2D eigenvalue weighted by Gasteiger charge is -2.14. The molecular weight excluding hydrogens is 305 g/mol. The van der Waals surface area contributed by atoms with Gasteiger partial charge in [0, 0.05) is 33.8 Å². The SMILES string of the molecule is CC(C)NCc1ccccc1OCc1ccc(Cl)cc1Cl. The Morgan fingerprint density at radius 2 is 1.81 bits per heavy atom. The first-order chi connectivity index (χ1) is 10.1. The lowest BCUT2D eigenvalue weighted by atomic mass is 10.2. The molecule has 0 aromatic heterocycles. The van der Waals surface area contributed by atoms with Gasteiger partial charge in [0.25, 0.3) is 0 Å². The van der Waals surface area contributed by atoms with Crippen LogP contribution in [0.25, 0.3) is 0 Å². The largest absolute Gasteiger partial charge is 0.489 e. The minimum Gasteiger partial charge on any atom is -0.489 e. The summed E-state index contributed by atoms with van der Waals surface area (Å²) in [7, 11) is 0. The van der Waals surface area contributed by atoms with Crippen LogP contribution in [0.1, 0.15) is 25.0 Å². The maximum atomic E-state index is 6.16. The average Bonchev–Trinajstić information content (AvgIpc) is 2.45. The molecule has 0 aliphatic rings. The summed E-state index contributed by atoms with van der Waals surface area (Å²) < 4.78 is 5.91. The van der Waals surface area contributed by atoms with Crippen LogP contribution in [0, 0.1) is 0 Å². The molecule has 0 heterocycles. The number of hydrogen-bond acceptors (Lipinski definition) is 2. The van der Waals surface area contributed by atoms with Gasteiger partial charge in [-0.3, -0.25) is 0 Å². The summed E-state index contributed by atoms with van der Waals surface area (Å²) in [6.45, 7) is 5.45. The maximum absolute atomic E-state index is 6.16. The quantitative estimate of drug-likeness (QED) is 0.801. The monoisotopic (exact) mass is 323 g/mol. The second-order valence-corrected chi connectivity index (χ2v) is 6.01. The number of ether oxygens (including phenoxy) is 1. The molecule has 0 amide bonds. The fourth-order valence-corrected chi connectivity index (χ4v) is 2.36. The Labute approximate surface area is 136 Å². The Balaban J connectivity index is 2.05. The summed E-state index contributed by atoms with van der Waals surface area (Å²) in [6, 6.07) is 13.9. The first-order valence-electron chi connectivity index (χ1n) is 6.94. The molecule has 21 heavy (non-hydrogen) atoms. The second kappa shape index (κ2) is 7.69. The Morgan fingerprint density at radius 1 is 1.05 bits per heavy atom. The predicted octanol–water partition coefficient (Wildman–Crippen LogP) is 5.07. The normalized spacial score (nSPS) is 10.9. The van der Waals surface area contributed by atoms with Crippen LogP contribution in [0.5, 0.6) is 5.75 Å². The van der Waals surface area contributed by atoms with Crippen molar-refractivity contribution in [2.45, 2.75) is 33.0 Å². The molecule has 2 nitrogen and oxygen atoms in total. The van der Waals surface area contributed by atoms with Crippen molar-refractivity contribution in [2.24, 2.45) is 0 Å². The van der Waals surface area contributed by atoms with Crippen molar-refractivity contribution < 1.29 is 4.74 Å². The summed E-state index contributed by atoms with van der Waals surface area (Å²) >= 11 is 12.1. The van der Waals surface area contributed by atoms with Gasteiger partial charge in [0.05, 0.1) is 0 Å². The Kier molecular flexibility index (Phi) is 5.92. The highest BCUT2D eigenvalue weighted by molar-refractivity contribution is 6.35. The van der Waals surface area contributed by atoms with Crippen LogP contribution in [0.15, 0.2) is 42.5 Å². The van der Waals surface area contributed by atoms with Crippen molar-refractivity contribution in [3.8, 4) is 5.75 Å². The molecule has 0 bridgehead atoms. The molecular formula is C17H19Cl2NO. The molecule has 0 fully saturated rings. The molecule has 1 N–H and O–H groups in total. The predicted molar refractivity (Wildman–Crippen MR) is 89.2 cm³/mol. The van der Waals surface area contributed by atoms with Gasteiger partial charge in [-0.2, -0.15) is 0 Å². The standard InChI is InChI=1S/C17H19Cl2NO/c1-12(2)20-10-13-5-3-4-6-17(13)21-11-14-7-8-15(18)9-16(14)19/h3-9,12,20H,10-11H2,1-2H3. The summed E-state index contributed by atoms with van der Waals surface area (Å²) in [5.74, 6) is 0.872. The van der Waals surface area contributed by atoms with Crippen molar-refractivity contribution >= 4 is 23.2 Å². The molecule has 0 unspecified atom stereocenters. The van der Waals surface area contributed by atoms with Gasteiger partial charge in [-0.25, -0.2) is 0 Å². The third kappa shape index (κ3) is 4.92. The van der Waals surface area contributed by atoms with Gasteiger partial charge in [0.15, 0.2) is 0 Å². The number of hydrogen-bond donors (Lipinski definition) is 1. The number of halogens is 2. The Bertz CT molecular complexity index is 599. The van der Waals surface area contributed by atoms with E-state index in [1.54, 1.807) is 6.07 Å². The van der Waals surface area contributed by atoms with Gasteiger partial charge in [-0.05, 0) is 18.2 Å². The topological polar surface area (TPSA) is 21.3 Å². The van der Waals surface area contributed by atoms with Crippen LogP contribution in [-0.2, 0) is 13.2 Å². The smallest absolute Gasteiger partial charge is 0.124 e. The molecule has 0 saturated carbocycles. The van der Waals surface area contributed by atoms with Gasteiger partial charge in [-0.1, -0.05) is 61.3 Å². The van der Waals surface area contributed by atoms with Gasteiger partial charge < -0.3 is 10.1 Å². The molecule has 2 aromatic rings. The fourth-order valence-electron chi connectivity index (χ4n) is 1.90. The van der Waals surface area contributed by atoms with Crippen LogP contribution >= 0.6 is 23.2 Å². The highest BCUT2D eigenvalue weighted by atomic mass is 35.5. The molecule has 0 aliphatic carbocycles. The summed E-state index contributed by atoms with van der Waals surface area (Å²) in [5.41, 5.74) is 2.06. The van der Waals surface area contributed by atoms with E-state index >= 15 is 0 Å². The number of para-hydroxylation sites is 1. The van der Waals surface area contributed by atoms with Crippen molar-refractivity contribution in [2.75, 3.05) is 0 Å². The fraction of sp³-hybridized carbons (Fsp3) is 0.294. The highest BCUT2D eigenvalue weighted by Crippen LogP contribution is 2.24. The second-order valence-electron chi connectivity index (χ2n) is 5.17. The minimum absolute atomic E-state index is 0.425. The van der Waals surface area contributed by atoms with Crippen molar-refractivity contribution in [3.05, 3.63) is 63.6 Å². The van der Waals surface area contributed by atoms with Gasteiger partial charge >= 0.3 is 0 Å². The molecule has 0 atom stereocenters. The zero-order chi connectivity index (χ0) is 15.2. The van der Waals surface area contributed by atoms with E-state index in [0.29, 0.717) is 22.7 Å². The van der Waals surface area contributed by atoms with Gasteiger partial charge in [0.1, 0.15) is 12.4 Å². The molecule has 112 valence electrons. The van der Waals surface area contributed by atoms with Crippen LogP contribution in [-0.4, -0.2) is 6.04 Å². The van der Waals surface area contributed by atoms with E-state index < -0.39 is 0 Å². The first kappa shape index (κ1) is 16.2. The van der Waals surface area contributed by atoms with Crippen LogP contribution < -0.4 is 10.1 Å². The van der Waals surface area contributed by atoms with Crippen LogP contribution in [0.4, 0.5) is 0 Å². The number of nitrogens with one attached hydrogen (secondary N) is 1. The molecule has 2 rings (SSSR count). The summed E-state index contributed by atoms with van der Waals surface area (Å²) in [4.78, 5) is 0. The van der Waals surface area contributed by atoms with E-state index in [1.807, 2.05) is 30.3 Å². The molecule has 2 aromatic carbocycles. The Morgan fingerprint density at radius 3 is 2.52 bits per heavy atom. The van der Waals surface area contributed by atoms with E-state index in [0.717, 1.165) is 23.4 Å². The maximum Gasteiger partial charge on any atom is 0.124 e. The zero-order valence-corrected chi connectivity index (χ0v) is 13.7. The number of benzene rings is 2. The average molecular weight is 324 g/mol. The summed E-state index contributed by atoms with van der Waals surface area (Å²) in [6.07, 6.45) is 0. The van der Waals surface area contributed by atoms with E-state index in [9.17, 15) is 0 Å². The molecule has 4 heteroatoms. The van der Waals surface area contributed by atoms with Crippen LogP contribution in [0.3, 0.4) is 0 Å². The van der Waals surface area contributed by atoms with Crippen LogP contribution in [0.2, 0.25) is 10.0 Å². The first-order valence-corrected chi connectivity index (χ1v) is 7.70. The van der Waals surface area contributed by atoms with Crippen molar-refractivity contribution in [1.29, 1.82) is 0 Å². The molecule has 0 radical (unpaired) electrons. The third-order valence-electron chi connectivity index (χ3n) is 3.07. The van der Waals surface area contributed by atoms with Gasteiger partial charge in [0.2, 0.25) is 0 Å². The van der Waals surface area contributed by atoms with Crippen molar-refractivity contribution in [1.82, 2.24) is 5.32 Å². The third-order valence-corrected chi connectivity index (χ3v) is 3.66. The number of rotatable bonds is 6. The van der Waals surface area contributed by atoms with E-state index in [-0.39, 0.29) is 0 Å². The minimum atomic E-state index is 0.425. The van der Waals surface area contributed by atoms with Gasteiger partial charge in [-0.15, -0.1) is 0 Å². The lowest BCUT2D eigenvalue weighted by Crippen LogP contribution is -2.22.